The Morgan fingerprint density at radius 2 is 2.24 bits per heavy atom. The average molecular weight is 232 g/mol. The summed E-state index contributed by atoms with van der Waals surface area (Å²) < 4.78 is 0. The van der Waals surface area contributed by atoms with E-state index in [4.69, 9.17) is 5.73 Å². The molecule has 90 valence electrons. The van der Waals surface area contributed by atoms with Gasteiger partial charge >= 0.3 is 0 Å². The number of nitrogens with one attached hydrogen (secondary N) is 1. The molecule has 6 heteroatoms. The van der Waals surface area contributed by atoms with E-state index in [-0.39, 0.29) is 5.95 Å². The van der Waals surface area contributed by atoms with Gasteiger partial charge in [0.05, 0.1) is 11.6 Å². The number of nitrogens with zero attached hydrogens (tertiary/aromatic N) is 4. The molecule has 1 saturated carbocycles. The Balaban J connectivity index is 2.05. The number of hydrogen-bond acceptors (Lipinski definition) is 5. The first kappa shape index (κ1) is 10.3. The number of nitrogen functional groups attached to an aromatic ring is 1. The van der Waals surface area contributed by atoms with Gasteiger partial charge in [-0.15, -0.1) is 0 Å². The fourth-order valence-electron chi connectivity index (χ4n) is 2.19. The summed E-state index contributed by atoms with van der Waals surface area (Å²) in [7, 11) is 2.05. The zero-order valence-corrected chi connectivity index (χ0v) is 10.0. The van der Waals surface area contributed by atoms with Gasteiger partial charge in [-0.05, 0) is 25.7 Å². The van der Waals surface area contributed by atoms with Crippen molar-refractivity contribution in [3.05, 3.63) is 6.20 Å². The van der Waals surface area contributed by atoms with Crippen LogP contribution >= 0.6 is 0 Å². The SMILES string of the molecule is CC(C1CC1)N(C)c1nc(N)nc2[nH]ncc12. The highest BCUT2D eigenvalue weighted by molar-refractivity contribution is 5.87. The summed E-state index contributed by atoms with van der Waals surface area (Å²) >= 11 is 0. The molecule has 2 aromatic rings. The number of aromatic nitrogens is 4. The topological polar surface area (TPSA) is 83.7 Å². The molecule has 0 bridgehead atoms. The minimum absolute atomic E-state index is 0.284. The molecule has 17 heavy (non-hydrogen) atoms. The van der Waals surface area contributed by atoms with Crippen molar-refractivity contribution in [1.82, 2.24) is 20.2 Å². The van der Waals surface area contributed by atoms with E-state index in [1.165, 1.54) is 12.8 Å². The van der Waals surface area contributed by atoms with Gasteiger partial charge in [0.15, 0.2) is 5.65 Å². The summed E-state index contributed by atoms with van der Waals surface area (Å²) in [5.74, 6) is 1.92. The zero-order valence-electron chi connectivity index (χ0n) is 10.0. The van der Waals surface area contributed by atoms with Gasteiger partial charge in [0.25, 0.3) is 0 Å². The van der Waals surface area contributed by atoms with Gasteiger partial charge in [0.1, 0.15) is 5.82 Å². The third-order valence-corrected chi connectivity index (χ3v) is 3.56. The highest BCUT2D eigenvalue weighted by Crippen LogP contribution is 2.37. The smallest absolute Gasteiger partial charge is 0.224 e. The third-order valence-electron chi connectivity index (χ3n) is 3.56. The molecule has 0 spiro atoms. The van der Waals surface area contributed by atoms with E-state index in [2.05, 4.69) is 39.0 Å². The van der Waals surface area contributed by atoms with Gasteiger partial charge in [0.2, 0.25) is 5.95 Å². The summed E-state index contributed by atoms with van der Waals surface area (Å²) in [6, 6.07) is 0.474. The highest BCUT2D eigenvalue weighted by Gasteiger charge is 2.31. The van der Waals surface area contributed by atoms with Gasteiger partial charge in [-0.2, -0.15) is 15.1 Å². The third kappa shape index (κ3) is 1.69. The molecule has 0 aliphatic heterocycles. The van der Waals surface area contributed by atoms with Crippen LogP contribution in [0.5, 0.6) is 0 Å². The minimum atomic E-state index is 0.284. The average Bonchev–Trinajstić information content (AvgIpc) is 3.05. The van der Waals surface area contributed by atoms with Gasteiger partial charge in [-0.3, -0.25) is 5.10 Å². The predicted octanol–water partition coefficient (Wildman–Crippen LogP) is 1.17. The lowest BCUT2D eigenvalue weighted by molar-refractivity contribution is 0.605. The second-order valence-corrected chi connectivity index (χ2v) is 4.73. The Labute approximate surface area is 99.2 Å². The molecule has 0 saturated heterocycles. The maximum absolute atomic E-state index is 5.72. The van der Waals surface area contributed by atoms with Crippen molar-refractivity contribution in [2.45, 2.75) is 25.8 Å². The quantitative estimate of drug-likeness (QED) is 0.830. The first-order valence-electron chi connectivity index (χ1n) is 5.86. The molecular formula is C11H16N6. The number of nitrogens with two attached hydrogens (primary N) is 1. The molecule has 6 nitrogen and oxygen atoms in total. The molecular weight excluding hydrogens is 216 g/mol. The van der Waals surface area contributed by atoms with Crippen molar-refractivity contribution >= 4 is 22.8 Å². The number of anilines is 2. The Morgan fingerprint density at radius 3 is 2.94 bits per heavy atom. The molecule has 1 aliphatic carbocycles. The number of hydrogen-bond donors (Lipinski definition) is 2. The molecule has 2 heterocycles. The molecule has 0 aromatic carbocycles. The fourth-order valence-corrected chi connectivity index (χ4v) is 2.19. The Bertz CT molecular complexity index is 544. The minimum Gasteiger partial charge on any atom is -0.368 e. The predicted molar refractivity (Wildman–Crippen MR) is 66.7 cm³/mol. The van der Waals surface area contributed by atoms with Crippen LogP contribution in [0.3, 0.4) is 0 Å². The fraction of sp³-hybridized carbons (Fsp3) is 0.545. The van der Waals surface area contributed by atoms with Crippen LogP contribution in [0.15, 0.2) is 6.20 Å². The lowest BCUT2D eigenvalue weighted by Gasteiger charge is -2.26. The molecule has 0 amide bonds. The second-order valence-electron chi connectivity index (χ2n) is 4.73. The number of fused-ring (bicyclic) bond motifs is 1. The largest absolute Gasteiger partial charge is 0.368 e. The van der Waals surface area contributed by atoms with Crippen LogP contribution < -0.4 is 10.6 Å². The summed E-state index contributed by atoms with van der Waals surface area (Å²) in [5, 5.41) is 7.75. The summed E-state index contributed by atoms with van der Waals surface area (Å²) in [5.41, 5.74) is 6.41. The zero-order chi connectivity index (χ0) is 12.0. The molecule has 3 rings (SSSR count). The van der Waals surface area contributed by atoms with Crippen LogP contribution in [0.1, 0.15) is 19.8 Å². The van der Waals surface area contributed by atoms with Crippen molar-refractivity contribution in [3.63, 3.8) is 0 Å². The van der Waals surface area contributed by atoms with E-state index in [1.807, 2.05) is 0 Å². The first-order chi connectivity index (χ1) is 8.16. The van der Waals surface area contributed by atoms with E-state index < -0.39 is 0 Å². The van der Waals surface area contributed by atoms with Crippen LogP contribution in [0, 0.1) is 5.92 Å². The van der Waals surface area contributed by atoms with Gasteiger partial charge < -0.3 is 10.6 Å². The lowest BCUT2D eigenvalue weighted by atomic mass is 10.2. The van der Waals surface area contributed by atoms with Crippen LogP contribution in [-0.2, 0) is 0 Å². The molecule has 1 aliphatic rings. The van der Waals surface area contributed by atoms with Crippen molar-refractivity contribution in [2.24, 2.45) is 5.92 Å². The monoisotopic (exact) mass is 232 g/mol. The number of H-pyrrole nitrogens is 1. The first-order valence-corrected chi connectivity index (χ1v) is 5.86. The maximum atomic E-state index is 5.72. The summed E-state index contributed by atoms with van der Waals surface area (Å²) in [4.78, 5) is 10.6. The highest BCUT2D eigenvalue weighted by atomic mass is 15.2. The van der Waals surface area contributed by atoms with Crippen LogP contribution in [-0.4, -0.2) is 33.3 Å². The van der Waals surface area contributed by atoms with E-state index in [1.54, 1.807) is 6.20 Å². The standard InChI is InChI=1S/C11H16N6/c1-6(7-3-4-7)17(2)10-8-5-13-16-9(8)14-11(12)15-10/h5-7H,3-4H2,1-2H3,(H3,12,13,14,15,16). The van der Waals surface area contributed by atoms with E-state index in [0.717, 1.165) is 17.1 Å². The molecule has 0 radical (unpaired) electrons. The number of rotatable bonds is 3. The van der Waals surface area contributed by atoms with Crippen LogP contribution in [0.2, 0.25) is 0 Å². The summed E-state index contributed by atoms with van der Waals surface area (Å²) in [6.45, 7) is 2.22. The molecule has 1 unspecified atom stereocenters. The Kier molecular flexibility index (Phi) is 2.17. The van der Waals surface area contributed by atoms with Gasteiger partial charge in [-0.1, -0.05) is 0 Å². The molecule has 3 N–H and O–H groups in total. The lowest BCUT2D eigenvalue weighted by Crippen LogP contribution is -2.31. The summed E-state index contributed by atoms with van der Waals surface area (Å²) in [6.07, 6.45) is 4.36. The maximum Gasteiger partial charge on any atom is 0.224 e. The van der Waals surface area contributed by atoms with Crippen molar-refractivity contribution < 1.29 is 0 Å². The van der Waals surface area contributed by atoms with Gasteiger partial charge in [-0.25, -0.2) is 0 Å². The molecule has 1 atom stereocenters. The van der Waals surface area contributed by atoms with Crippen molar-refractivity contribution in [1.29, 1.82) is 0 Å². The number of aromatic amines is 1. The van der Waals surface area contributed by atoms with Crippen molar-refractivity contribution in [2.75, 3.05) is 17.7 Å². The van der Waals surface area contributed by atoms with Crippen LogP contribution in [0.4, 0.5) is 11.8 Å². The van der Waals surface area contributed by atoms with E-state index >= 15 is 0 Å². The second kappa shape index (κ2) is 3.58. The Hall–Kier alpha value is -1.85. The van der Waals surface area contributed by atoms with Crippen molar-refractivity contribution in [3.8, 4) is 0 Å². The van der Waals surface area contributed by atoms with E-state index in [0.29, 0.717) is 11.7 Å². The Morgan fingerprint density at radius 1 is 1.47 bits per heavy atom. The van der Waals surface area contributed by atoms with E-state index in [9.17, 15) is 0 Å². The normalized spacial score (nSPS) is 17.3. The van der Waals surface area contributed by atoms with Gasteiger partial charge in [0, 0.05) is 13.1 Å². The molecule has 2 aromatic heterocycles. The van der Waals surface area contributed by atoms with Crippen LogP contribution in [0.25, 0.3) is 11.0 Å². The molecule has 1 fully saturated rings.